The number of hydrogen-bond acceptors (Lipinski definition) is 2. The van der Waals surface area contributed by atoms with E-state index in [9.17, 15) is 4.79 Å². The number of rotatable bonds is 1. The lowest BCUT2D eigenvalue weighted by Crippen LogP contribution is -1.99. The molecule has 0 unspecified atom stereocenters. The first-order valence-corrected chi connectivity index (χ1v) is 7.51. The highest BCUT2D eigenvalue weighted by Crippen LogP contribution is 2.33. The SMILES string of the molecule is Cc1cc(C)c(C)c(-c2ccc3c(C)cc(=O)oc3c2)c1C. The Morgan fingerprint density at radius 2 is 1.41 bits per heavy atom. The van der Waals surface area contributed by atoms with E-state index in [1.54, 1.807) is 0 Å². The second-order valence-corrected chi connectivity index (χ2v) is 6.09. The summed E-state index contributed by atoms with van der Waals surface area (Å²) in [5, 5.41) is 0.989. The third-order valence-electron chi connectivity index (χ3n) is 4.61. The molecule has 0 fully saturated rings. The van der Waals surface area contributed by atoms with Crippen LogP contribution in [0.5, 0.6) is 0 Å². The minimum atomic E-state index is -0.295. The molecule has 22 heavy (non-hydrogen) atoms. The van der Waals surface area contributed by atoms with Gasteiger partial charge in [0.25, 0.3) is 0 Å². The summed E-state index contributed by atoms with van der Waals surface area (Å²) in [4.78, 5) is 11.6. The maximum absolute atomic E-state index is 11.6. The summed E-state index contributed by atoms with van der Waals surface area (Å²) in [5.41, 5.74) is 8.76. The Bertz CT molecular complexity index is 920. The zero-order valence-electron chi connectivity index (χ0n) is 13.7. The standard InChI is InChI=1S/C20H20O2/c1-11-8-12(2)15(5)20(14(11)4)16-6-7-17-13(3)9-19(21)22-18(17)10-16/h6-10H,1-5H3. The van der Waals surface area contributed by atoms with Gasteiger partial charge >= 0.3 is 5.63 Å². The lowest BCUT2D eigenvalue weighted by atomic mass is 9.89. The summed E-state index contributed by atoms with van der Waals surface area (Å²) in [7, 11) is 0. The lowest BCUT2D eigenvalue weighted by Gasteiger charge is -2.16. The lowest BCUT2D eigenvalue weighted by molar-refractivity contribution is 0.560. The summed E-state index contributed by atoms with van der Waals surface area (Å²) in [6.45, 7) is 10.5. The average molecular weight is 292 g/mol. The van der Waals surface area contributed by atoms with Crippen molar-refractivity contribution in [3.63, 3.8) is 0 Å². The predicted octanol–water partition coefficient (Wildman–Crippen LogP) is 5.00. The second-order valence-electron chi connectivity index (χ2n) is 6.09. The molecule has 0 aliphatic carbocycles. The fourth-order valence-electron chi connectivity index (χ4n) is 3.13. The van der Waals surface area contributed by atoms with Gasteiger partial charge in [0.1, 0.15) is 5.58 Å². The normalized spacial score (nSPS) is 11.1. The minimum Gasteiger partial charge on any atom is -0.423 e. The molecule has 112 valence electrons. The van der Waals surface area contributed by atoms with Crippen molar-refractivity contribution in [2.45, 2.75) is 34.6 Å². The molecule has 0 radical (unpaired) electrons. The van der Waals surface area contributed by atoms with Crippen molar-refractivity contribution in [1.29, 1.82) is 0 Å². The Morgan fingerprint density at radius 1 is 0.773 bits per heavy atom. The van der Waals surface area contributed by atoms with E-state index in [2.05, 4.69) is 39.8 Å². The molecule has 0 atom stereocenters. The topological polar surface area (TPSA) is 30.2 Å². The van der Waals surface area contributed by atoms with E-state index >= 15 is 0 Å². The van der Waals surface area contributed by atoms with Gasteiger partial charge in [-0.2, -0.15) is 0 Å². The van der Waals surface area contributed by atoms with E-state index < -0.39 is 0 Å². The van der Waals surface area contributed by atoms with E-state index in [1.165, 1.54) is 33.9 Å². The van der Waals surface area contributed by atoms with Crippen LogP contribution >= 0.6 is 0 Å². The van der Waals surface area contributed by atoms with Crippen LogP contribution in [0.4, 0.5) is 0 Å². The first kappa shape index (κ1) is 14.6. The molecule has 3 rings (SSSR count). The average Bonchev–Trinajstić information content (AvgIpc) is 2.45. The minimum absolute atomic E-state index is 0.295. The number of hydrogen-bond donors (Lipinski definition) is 0. The highest BCUT2D eigenvalue weighted by atomic mass is 16.4. The van der Waals surface area contributed by atoms with Gasteiger partial charge in [-0.3, -0.25) is 0 Å². The van der Waals surface area contributed by atoms with Gasteiger partial charge in [0.15, 0.2) is 0 Å². The van der Waals surface area contributed by atoms with Crippen LogP contribution < -0.4 is 5.63 Å². The van der Waals surface area contributed by atoms with Crippen molar-refractivity contribution in [2.75, 3.05) is 0 Å². The van der Waals surface area contributed by atoms with Crippen LogP contribution in [0.25, 0.3) is 22.1 Å². The Hall–Kier alpha value is -2.35. The maximum Gasteiger partial charge on any atom is 0.336 e. The smallest absolute Gasteiger partial charge is 0.336 e. The molecule has 3 aromatic rings. The van der Waals surface area contributed by atoms with Gasteiger partial charge in [0.05, 0.1) is 0 Å². The highest BCUT2D eigenvalue weighted by molar-refractivity contribution is 5.86. The maximum atomic E-state index is 11.6. The molecule has 0 aliphatic heterocycles. The fraction of sp³-hybridized carbons (Fsp3) is 0.250. The first-order chi connectivity index (χ1) is 10.4. The Kier molecular flexibility index (Phi) is 3.40. The zero-order valence-corrected chi connectivity index (χ0v) is 13.7. The van der Waals surface area contributed by atoms with Gasteiger partial charge in [-0.25, -0.2) is 4.79 Å². The van der Waals surface area contributed by atoms with Crippen LogP contribution in [0.3, 0.4) is 0 Å². The van der Waals surface area contributed by atoms with Crippen molar-refractivity contribution in [3.05, 3.63) is 68.6 Å². The van der Waals surface area contributed by atoms with Gasteiger partial charge in [0.2, 0.25) is 0 Å². The molecule has 2 heteroatoms. The summed E-state index contributed by atoms with van der Waals surface area (Å²) in [6, 6.07) is 9.90. The van der Waals surface area contributed by atoms with E-state index in [1.807, 2.05) is 19.1 Å². The van der Waals surface area contributed by atoms with E-state index in [0.29, 0.717) is 5.58 Å². The van der Waals surface area contributed by atoms with E-state index in [-0.39, 0.29) is 5.63 Å². The van der Waals surface area contributed by atoms with Gasteiger partial charge in [-0.1, -0.05) is 18.2 Å². The molecule has 0 saturated carbocycles. The van der Waals surface area contributed by atoms with Gasteiger partial charge in [0, 0.05) is 11.5 Å². The van der Waals surface area contributed by atoms with Crippen molar-refractivity contribution in [3.8, 4) is 11.1 Å². The number of aryl methyl sites for hydroxylation is 3. The molecule has 0 saturated heterocycles. The number of benzene rings is 2. The molecule has 0 N–H and O–H groups in total. The zero-order chi connectivity index (χ0) is 16.0. The van der Waals surface area contributed by atoms with Crippen LogP contribution in [0.1, 0.15) is 27.8 Å². The van der Waals surface area contributed by atoms with E-state index in [4.69, 9.17) is 4.42 Å². The van der Waals surface area contributed by atoms with Crippen molar-refractivity contribution < 1.29 is 4.42 Å². The first-order valence-electron chi connectivity index (χ1n) is 7.51. The summed E-state index contributed by atoms with van der Waals surface area (Å²) >= 11 is 0. The quantitative estimate of drug-likeness (QED) is 0.591. The van der Waals surface area contributed by atoms with Gasteiger partial charge in [-0.05, 0) is 79.6 Å². The summed E-state index contributed by atoms with van der Waals surface area (Å²) in [6.07, 6.45) is 0. The van der Waals surface area contributed by atoms with E-state index in [0.717, 1.165) is 16.5 Å². The molecule has 0 spiro atoms. The molecule has 0 bridgehead atoms. The van der Waals surface area contributed by atoms with Crippen LogP contribution in [-0.2, 0) is 0 Å². The Balaban J connectivity index is 2.35. The van der Waals surface area contributed by atoms with Gasteiger partial charge in [-0.15, -0.1) is 0 Å². The van der Waals surface area contributed by atoms with Crippen LogP contribution in [0.15, 0.2) is 39.5 Å². The molecule has 1 heterocycles. The molecule has 1 aromatic heterocycles. The molecular formula is C20H20O2. The summed E-state index contributed by atoms with van der Waals surface area (Å²) < 4.78 is 5.39. The van der Waals surface area contributed by atoms with Crippen LogP contribution in [0.2, 0.25) is 0 Å². The third kappa shape index (κ3) is 2.25. The molecule has 2 nitrogen and oxygen atoms in total. The second kappa shape index (κ2) is 5.13. The monoisotopic (exact) mass is 292 g/mol. The Morgan fingerprint density at radius 3 is 2.05 bits per heavy atom. The van der Waals surface area contributed by atoms with Crippen LogP contribution in [0, 0.1) is 34.6 Å². The van der Waals surface area contributed by atoms with Crippen molar-refractivity contribution in [1.82, 2.24) is 0 Å². The predicted molar refractivity (Wildman–Crippen MR) is 91.6 cm³/mol. The molecule has 0 aliphatic rings. The highest BCUT2D eigenvalue weighted by Gasteiger charge is 2.12. The molecular weight excluding hydrogens is 272 g/mol. The molecule has 0 amide bonds. The third-order valence-corrected chi connectivity index (χ3v) is 4.61. The number of fused-ring (bicyclic) bond motifs is 1. The van der Waals surface area contributed by atoms with Crippen molar-refractivity contribution >= 4 is 11.0 Å². The van der Waals surface area contributed by atoms with Crippen molar-refractivity contribution in [2.24, 2.45) is 0 Å². The van der Waals surface area contributed by atoms with Crippen LogP contribution in [-0.4, -0.2) is 0 Å². The molecule has 2 aromatic carbocycles. The Labute approximate surface area is 130 Å². The summed E-state index contributed by atoms with van der Waals surface area (Å²) in [5.74, 6) is 0. The fourth-order valence-corrected chi connectivity index (χ4v) is 3.13. The largest absolute Gasteiger partial charge is 0.423 e. The van der Waals surface area contributed by atoms with Gasteiger partial charge < -0.3 is 4.42 Å².